The van der Waals surface area contributed by atoms with Crippen molar-refractivity contribution in [1.29, 1.82) is 0 Å². The fraction of sp³-hybridized carbons (Fsp3) is 0.500. The highest BCUT2D eigenvalue weighted by molar-refractivity contribution is 9.10. The first-order valence-electron chi connectivity index (χ1n) is 5.18. The maximum atomic E-state index is 5.38. The number of hydrogen-bond acceptors (Lipinski definition) is 5. The number of ether oxygens (including phenoxy) is 5. The molecular weight excluding hydrogens is 304 g/mol. The van der Waals surface area contributed by atoms with Gasteiger partial charge in [0, 0.05) is 18.7 Å². The van der Waals surface area contributed by atoms with Crippen LogP contribution in [0.1, 0.15) is 11.9 Å². The lowest BCUT2D eigenvalue weighted by molar-refractivity contribution is -0.107. The van der Waals surface area contributed by atoms with E-state index in [9.17, 15) is 0 Å². The van der Waals surface area contributed by atoms with Crippen LogP contribution in [0, 0.1) is 0 Å². The molecule has 5 nitrogen and oxygen atoms in total. The Hall–Kier alpha value is -0.980. The van der Waals surface area contributed by atoms with Crippen LogP contribution >= 0.6 is 15.9 Å². The zero-order valence-corrected chi connectivity index (χ0v) is 12.7. The molecule has 1 aromatic rings. The number of hydrogen-bond donors (Lipinski definition) is 0. The summed E-state index contributed by atoms with van der Waals surface area (Å²) in [5, 5.41) is 0. The van der Waals surface area contributed by atoms with Gasteiger partial charge in [-0.15, -0.1) is 0 Å². The highest BCUT2D eigenvalue weighted by atomic mass is 79.9. The van der Waals surface area contributed by atoms with Gasteiger partial charge in [0.1, 0.15) is 0 Å². The Morgan fingerprint density at radius 1 is 0.889 bits per heavy atom. The molecule has 0 N–H and O–H groups in total. The summed E-state index contributed by atoms with van der Waals surface area (Å²) in [6.07, 6.45) is -0.561. The molecule has 0 saturated carbocycles. The monoisotopic (exact) mass is 320 g/mol. The summed E-state index contributed by atoms with van der Waals surface area (Å²) in [6, 6.07) is 1.78. The van der Waals surface area contributed by atoms with E-state index in [1.165, 1.54) is 0 Å². The molecule has 18 heavy (non-hydrogen) atoms. The van der Waals surface area contributed by atoms with Crippen molar-refractivity contribution in [1.82, 2.24) is 0 Å². The molecule has 102 valence electrons. The maximum absolute atomic E-state index is 5.38. The van der Waals surface area contributed by atoms with Gasteiger partial charge >= 0.3 is 0 Å². The van der Waals surface area contributed by atoms with Crippen molar-refractivity contribution in [3.05, 3.63) is 16.1 Å². The van der Waals surface area contributed by atoms with Crippen molar-refractivity contribution in [3.63, 3.8) is 0 Å². The predicted molar refractivity (Wildman–Crippen MR) is 70.6 cm³/mol. The molecule has 0 atom stereocenters. The molecule has 0 radical (unpaired) electrons. The zero-order valence-electron chi connectivity index (χ0n) is 11.1. The molecule has 1 rings (SSSR count). The highest BCUT2D eigenvalue weighted by Gasteiger charge is 2.25. The fourth-order valence-electron chi connectivity index (χ4n) is 1.70. The third-order valence-electron chi connectivity index (χ3n) is 2.48. The van der Waals surface area contributed by atoms with E-state index in [2.05, 4.69) is 15.9 Å². The first-order valence-corrected chi connectivity index (χ1v) is 5.97. The first-order chi connectivity index (χ1) is 8.64. The SMILES string of the molecule is COc1cc(Br)c(C(OC)OC)c(OC)c1OC. The fourth-order valence-corrected chi connectivity index (χ4v) is 2.28. The van der Waals surface area contributed by atoms with Crippen LogP contribution in [0.4, 0.5) is 0 Å². The van der Waals surface area contributed by atoms with Crippen LogP contribution in [0.3, 0.4) is 0 Å². The summed E-state index contributed by atoms with van der Waals surface area (Å²) >= 11 is 3.45. The Labute approximate surface area is 115 Å². The summed E-state index contributed by atoms with van der Waals surface area (Å²) in [6.45, 7) is 0. The second-order valence-electron chi connectivity index (χ2n) is 3.34. The van der Waals surface area contributed by atoms with Gasteiger partial charge in [-0.2, -0.15) is 0 Å². The standard InChI is InChI=1S/C12H17BrO5/c1-14-8-6-7(13)9(12(17-4)18-5)11(16-3)10(8)15-2/h6,12H,1-5H3. The molecule has 0 aliphatic carbocycles. The molecule has 0 aliphatic heterocycles. The third-order valence-corrected chi connectivity index (χ3v) is 3.14. The topological polar surface area (TPSA) is 46.2 Å². The first kappa shape index (κ1) is 15.1. The summed E-state index contributed by atoms with van der Waals surface area (Å²) in [5.74, 6) is 1.57. The lowest BCUT2D eigenvalue weighted by Crippen LogP contribution is -2.08. The van der Waals surface area contributed by atoms with Gasteiger partial charge in [0.15, 0.2) is 17.8 Å². The van der Waals surface area contributed by atoms with Crippen molar-refractivity contribution < 1.29 is 23.7 Å². The molecule has 1 aromatic carbocycles. The predicted octanol–water partition coefficient (Wildman–Crippen LogP) is 2.77. The highest BCUT2D eigenvalue weighted by Crippen LogP contribution is 2.46. The van der Waals surface area contributed by atoms with Crippen LogP contribution in [-0.4, -0.2) is 35.5 Å². The van der Waals surface area contributed by atoms with Crippen LogP contribution < -0.4 is 14.2 Å². The molecule has 0 amide bonds. The van der Waals surface area contributed by atoms with E-state index in [1.54, 1.807) is 41.6 Å². The summed E-state index contributed by atoms with van der Waals surface area (Å²) in [5.41, 5.74) is 0.708. The van der Waals surface area contributed by atoms with Gasteiger partial charge in [-0.05, 0) is 6.07 Å². The Kier molecular flexibility index (Phi) is 5.71. The minimum atomic E-state index is -0.561. The second-order valence-corrected chi connectivity index (χ2v) is 4.20. The van der Waals surface area contributed by atoms with Crippen molar-refractivity contribution in [2.45, 2.75) is 6.29 Å². The van der Waals surface area contributed by atoms with Crippen LogP contribution in [0.15, 0.2) is 10.5 Å². The second kappa shape index (κ2) is 6.82. The van der Waals surface area contributed by atoms with Gasteiger partial charge in [-0.1, -0.05) is 15.9 Å². The molecule has 0 bridgehead atoms. The van der Waals surface area contributed by atoms with E-state index in [1.807, 2.05) is 0 Å². The van der Waals surface area contributed by atoms with Crippen LogP contribution in [0.25, 0.3) is 0 Å². The van der Waals surface area contributed by atoms with E-state index < -0.39 is 6.29 Å². The number of halogens is 1. The van der Waals surface area contributed by atoms with Crippen molar-refractivity contribution in [3.8, 4) is 17.2 Å². The van der Waals surface area contributed by atoms with E-state index in [-0.39, 0.29) is 0 Å². The van der Waals surface area contributed by atoms with Crippen molar-refractivity contribution in [2.75, 3.05) is 35.5 Å². The van der Waals surface area contributed by atoms with Crippen LogP contribution in [0.2, 0.25) is 0 Å². The van der Waals surface area contributed by atoms with Gasteiger partial charge in [-0.3, -0.25) is 0 Å². The number of benzene rings is 1. The number of methoxy groups -OCH3 is 5. The molecule has 0 fully saturated rings. The summed E-state index contributed by atoms with van der Waals surface area (Å²) < 4.78 is 27.2. The smallest absolute Gasteiger partial charge is 0.203 e. The number of rotatable bonds is 6. The molecule has 6 heteroatoms. The largest absolute Gasteiger partial charge is 0.493 e. The lowest BCUT2D eigenvalue weighted by Gasteiger charge is -2.21. The Morgan fingerprint density at radius 2 is 1.44 bits per heavy atom. The quantitative estimate of drug-likeness (QED) is 0.754. The summed E-state index contributed by atoms with van der Waals surface area (Å²) in [4.78, 5) is 0. The molecule has 0 saturated heterocycles. The Balaban J connectivity index is 3.49. The minimum absolute atomic E-state index is 0.498. The molecule has 0 spiro atoms. The normalized spacial score (nSPS) is 10.6. The molecule has 0 aliphatic rings. The van der Waals surface area contributed by atoms with Gasteiger partial charge in [-0.25, -0.2) is 0 Å². The van der Waals surface area contributed by atoms with E-state index in [4.69, 9.17) is 23.7 Å². The third kappa shape index (κ3) is 2.71. The average Bonchev–Trinajstić information content (AvgIpc) is 2.40. The molecule has 0 heterocycles. The van der Waals surface area contributed by atoms with Crippen molar-refractivity contribution >= 4 is 15.9 Å². The van der Waals surface area contributed by atoms with E-state index >= 15 is 0 Å². The molecular formula is C12H17BrO5. The Bertz CT molecular complexity index is 404. The Morgan fingerprint density at radius 3 is 1.83 bits per heavy atom. The van der Waals surface area contributed by atoms with Gasteiger partial charge < -0.3 is 23.7 Å². The summed E-state index contributed by atoms with van der Waals surface area (Å²) in [7, 11) is 7.77. The zero-order chi connectivity index (χ0) is 13.7. The van der Waals surface area contributed by atoms with Crippen LogP contribution in [0.5, 0.6) is 17.2 Å². The van der Waals surface area contributed by atoms with Gasteiger partial charge in [0.05, 0.1) is 26.9 Å². The van der Waals surface area contributed by atoms with Crippen molar-refractivity contribution in [2.24, 2.45) is 0 Å². The van der Waals surface area contributed by atoms with Gasteiger partial charge in [0.25, 0.3) is 0 Å². The van der Waals surface area contributed by atoms with E-state index in [0.717, 1.165) is 4.47 Å². The van der Waals surface area contributed by atoms with Crippen LogP contribution in [-0.2, 0) is 9.47 Å². The average molecular weight is 321 g/mol. The van der Waals surface area contributed by atoms with Gasteiger partial charge in [0.2, 0.25) is 5.75 Å². The molecule has 0 aromatic heterocycles. The maximum Gasteiger partial charge on any atom is 0.203 e. The van der Waals surface area contributed by atoms with E-state index in [0.29, 0.717) is 22.8 Å². The molecule has 0 unspecified atom stereocenters. The lowest BCUT2D eigenvalue weighted by atomic mass is 10.1. The minimum Gasteiger partial charge on any atom is -0.493 e.